The summed E-state index contributed by atoms with van der Waals surface area (Å²) in [6, 6.07) is 7.71. The number of hydrogen-bond donors (Lipinski definition) is 2. The highest BCUT2D eigenvalue weighted by atomic mass is 16.2. The molecule has 20 heavy (non-hydrogen) atoms. The van der Waals surface area contributed by atoms with Gasteiger partial charge in [-0.05, 0) is 38.1 Å². The summed E-state index contributed by atoms with van der Waals surface area (Å²) in [5.41, 5.74) is 8.11. The first-order chi connectivity index (χ1) is 9.46. The second kappa shape index (κ2) is 7.51. The van der Waals surface area contributed by atoms with E-state index in [-0.39, 0.29) is 18.4 Å². The number of amides is 1. The topological polar surface area (TPSA) is 82.2 Å². The Kier molecular flexibility index (Phi) is 6.01. The van der Waals surface area contributed by atoms with E-state index in [1.54, 1.807) is 6.07 Å². The maximum atomic E-state index is 12.0. The zero-order chi connectivity index (χ0) is 15.1. The number of hydrogen-bond acceptors (Lipinski definition) is 4. The summed E-state index contributed by atoms with van der Waals surface area (Å²) in [5, 5.41) is 11.6. The number of nitriles is 1. The van der Waals surface area contributed by atoms with E-state index in [2.05, 4.69) is 11.4 Å². The summed E-state index contributed by atoms with van der Waals surface area (Å²) in [6.07, 6.45) is 0. The molecule has 0 aliphatic heterocycles. The lowest BCUT2D eigenvalue weighted by Gasteiger charge is -2.21. The summed E-state index contributed by atoms with van der Waals surface area (Å²) in [6.45, 7) is 7.34. The Labute approximate surface area is 120 Å². The molecule has 1 rings (SSSR count). The van der Waals surface area contributed by atoms with Crippen molar-refractivity contribution in [2.75, 3.05) is 30.7 Å². The van der Waals surface area contributed by atoms with Crippen LogP contribution in [-0.4, -0.2) is 30.4 Å². The minimum Gasteiger partial charge on any atom is -0.397 e. The number of nitrogen functional groups attached to an aromatic ring is 1. The van der Waals surface area contributed by atoms with Gasteiger partial charge >= 0.3 is 0 Å². The van der Waals surface area contributed by atoms with Gasteiger partial charge < -0.3 is 11.1 Å². The van der Waals surface area contributed by atoms with Crippen molar-refractivity contribution in [3.63, 3.8) is 0 Å². The maximum absolute atomic E-state index is 12.0. The third-order valence-corrected chi connectivity index (χ3v) is 3.05. The predicted molar refractivity (Wildman–Crippen MR) is 81.1 cm³/mol. The Morgan fingerprint density at radius 3 is 2.80 bits per heavy atom. The molecule has 0 heterocycles. The normalized spacial score (nSPS) is 11.9. The number of nitrogens with two attached hydrogens (primary N) is 1. The number of nitrogens with zero attached hydrogens (tertiary/aromatic N) is 2. The zero-order valence-electron chi connectivity index (χ0n) is 12.3. The number of carbonyl (C=O) groups is 1. The van der Waals surface area contributed by atoms with Crippen molar-refractivity contribution in [2.24, 2.45) is 5.92 Å². The predicted octanol–water partition coefficient (Wildman–Crippen LogP) is 2.00. The number of likely N-dealkylation sites (N-methyl/N-ethyl adjacent to an activating group) is 1. The van der Waals surface area contributed by atoms with Crippen LogP contribution in [0.5, 0.6) is 0 Å². The molecule has 5 heteroatoms. The van der Waals surface area contributed by atoms with Crippen LogP contribution in [0.25, 0.3) is 0 Å². The molecule has 0 radical (unpaired) electrons. The van der Waals surface area contributed by atoms with Crippen molar-refractivity contribution in [2.45, 2.75) is 20.8 Å². The average molecular weight is 274 g/mol. The molecule has 0 aliphatic rings. The lowest BCUT2D eigenvalue weighted by molar-refractivity contribution is -0.117. The van der Waals surface area contributed by atoms with Gasteiger partial charge in [0.1, 0.15) is 0 Å². The van der Waals surface area contributed by atoms with Crippen LogP contribution in [0.4, 0.5) is 11.4 Å². The Morgan fingerprint density at radius 2 is 2.25 bits per heavy atom. The fraction of sp³-hybridized carbons (Fsp3) is 0.467. The molecule has 1 atom stereocenters. The molecule has 0 fully saturated rings. The van der Waals surface area contributed by atoms with Crippen LogP contribution in [0.1, 0.15) is 19.4 Å². The van der Waals surface area contributed by atoms with Gasteiger partial charge in [0, 0.05) is 6.54 Å². The van der Waals surface area contributed by atoms with Gasteiger partial charge in [-0.25, -0.2) is 0 Å². The highest BCUT2D eigenvalue weighted by Crippen LogP contribution is 2.19. The Bertz CT molecular complexity index is 507. The minimum atomic E-state index is -0.118. The molecule has 0 aromatic heterocycles. The monoisotopic (exact) mass is 274 g/mol. The first-order valence-electron chi connectivity index (χ1n) is 6.74. The summed E-state index contributed by atoms with van der Waals surface area (Å²) < 4.78 is 0. The second-order valence-corrected chi connectivity index (χ2v) is 5.00. The average Bonchev–Trinajstić information content (AvgIpc) is 2.41. The van der Waals surface area contributed by atoms with Gasteiger partial charge in [0.2, 0.25) is 5.91 Å². The summed E-state index contributed by atoms with van der Waals surface area (Å²) >= 11 is 0. The standard InChI is InChI=1S/C15H22N4O/c1-4-19(9-12(3)8-16)10-15(20)18-14-6-5-11(2)7-13(14)17/h5-7,12H,4,9-10,17H2,1-3H3,(H,18,20). The Hall–Kier alpha value is -2.06. The van der Waals surface area contributed by atoms with Gasteiger partial charge in [-0.3, -0.25) is 9.69 Å². The number of benzene rings is 1. The van der Waals surface area contributed by atoms with Crippen LogP contribution in [0.15, 0.2) is 18.2 Å². The van der Waals surface area contributed by atoms with Crippen LogP contribution in [0.2, 0.25) is 0 Å². The number of nitrogens with one attached hydrogen (secondary N) is 1. The molecule has 0 aliphatic carbocycles. The number of rotatable bonds is 6. The quantitative estimate of drug-likeness (QED) is 0.777. The fourth-order valence-corrected chi connectivity index (χ4v) is 1.92. The van der Waals surface area contributed by atoms with Crippen LogP contribution in [0.3, 0.4) is 0 Å². The van der Waals surface area contributed by atoms with Crippen molar-refractivity contribution in [3.05, 3.63) is 23.8 Å². The molecule has 1 aromatic rings. The SMILES string of the molecule is CCN(CC(=O)Nc1ccc(C)cc1N)CC(C)C#N. The molecule has 1 amide bonds. The van der Waals surface area contributed by atoms with Crippen LogP contribution >= 0.6 is 0 Å². The van der Waals surface area contributed by atoms with Gasteiger partial charge in [0.15, 0.2) is 0 Å². The number of carbonyl (C=O) groups excluding carboxylic acids is 1. The summed E-state index contributed by atoms with van der Waals surface area (Å²) in [5.74, 6) is -0.209. The van der Waals surface area contributed by atoms with Gasteiger partial charge in [-0.15, -0.1) is 0 Å². The van der Waals surface area contributed by atoms with E-state index in [4.69, 9.17) is 11.0 Å². The van der Waals surface area contributed by atoms with E-state index < -0.39 is 0 Å². The third-order valence-electron chi connectivity index (χ3n) is 3.05. The van der Waals surface area contributed by atoms with E-state index in [9.17, 15) is 4.79 Å². The van der Waals surface area contributed by atoms with E-state index in [0.717, 1.165) is 12.1 Å². The maximum Gasteiger partial charge on any atom is 0.238 e. The third kappa shape index (κ3) is 4.90. The van der Waals surface area contributed by atoms with Gasteiger partial charge in [-0.2, -0.15) is 5.26 Å². The van der Waals surface area contributed by atoms with Crippen LogP contribution < -0.4 is 11.1 Å². The lowest BCUT2D eigenvalue weighted by Crippen LogP contribution is -2.35. The van der Waals surface area contributed by atoms with Crippen LogP contribution in [0, 0.1) is 24.2 Å². The van der Waals surface area contributed by atoms with Crippen molar-refractivity contribution >= 4 is 17.3 Å². The molecule has 0 saturated carbocycles. The van der Waals surface area contributed by atoms with Gasteiger partial charge in [0.05, 0.1) is 29.9 Å². The van der Waals surface area contributed by atoms with Crippen molar-refractivity contribution in [1.82, 2.24) is 4.90 Å². The number of aryl methyl sites for hydroxylation is 1. The van der Waals surface area contributed by atoms with Crippen molar-refractivity contribution < 1.29 is 4.79 Å². The summed E-state index contributed by atoms with van der Waals surface area (Å²) in [7, 11) is 0. The van der Waals surface area contributed by atoms with Crippen molar-refractivity contribution in [3.8, 4) is 6.07 Å². The largest absolute Gasteiger partial charge is 0.397 e. The Balaban J connectivity index is 2.60. The molecule has 3 N–H and O–H groups in total. The molecular formula is C15H22N4O. The molecule has 108 valence electrons. The smallest absolute Gasteiger partial charge is 0.238 e. The first-order valence-corrected chi connectivity index (χ1v) is 6.74. The molecule has 1 aromatic carbocycles. The van der Waals surface area contributed by atoms with Crippen LogP contribution in [-0.2, 0) is 4.79 Å². The number of anilines is 2. The summed E-state index contributed by atoms with van der Waals surface area (Å²) in [4.78, 5) is 13.9. The van der Waals surface area contributed by atoms with E-state index >= 15 is 0 Å². The van der Waals surface area contributed by atoms with E-state index in [1.165, 1.54) is 0 Å². The van der Waals surface area contributed by atoms with Gasteiger partial charge in [-0.1, -0.05) is 13.0 Å². The molecule has 1 unspecified atom stereocenters. The first kappa shape index (κ1) is 16.0. The van der Waals surface area contributed by atoms with E-state index in [1.807, 2.05) is 37.8 Å². The fourth-order valence-electron chi connectivity index (χ4n) is 1.92. The van der Waals surface area contributed by atoms with Gasteiger partial charge in [0.25, 0.3) is 0 Å². The molecule has 5 nitrogen and oxygen atoms in total. The van der Waals surface area contributed by atoms with E-state index in [0.29, 0.717) is 17.9 Å². The molecule has 0 saturated heterocycles. The molecular weight excluding hydrogens is 252 g/mol. The lowest BCUT2D eigenvalue weighted by atomic mass is 10.2. The highest BCUT2D eigenvalue weighted by molar-refractivity contribution is 5.95. The highest BCUT2D eigenvalue weighted by Gasteiger charge is 2.13. The second-order valence-electron chi connectivity index (χ2n) is 5.00. The molecule has 0 spiro atoms. The zero-order valence-corrected chi connectivity index (χ0v) is 12.3. The van der Waals surface area contributed by atoms with Crippen molar-refractivity contribution in [1.29, 1.82) is 5.26 Å². The molecule has 0 bridgehead atoms. The Morgan fingerprint density at radius 1 is 1.55 bits per heavy atom. The minimum absolute atomic E-state index is 0.0906.